The summed E-state index contributed by atoms with van der Waals surface area (Å²) >= 11 is 0. The van der Waals surface area contributed by atoms with Crippen LogP contribution < -0.4 is 0 Å². The van der Waals surface area contributed by atoms with Gasteiger partial charge in [0.25, 0.3) is 5.91 Å². The average Bonchev–Trinajstić information content (AvgIpc) is 3.23. The third-order valence-electron chi connectivity index (χ3n) is 4.48. The van der Waals surface area contributed by atoms with Gasteiger partial charge in [0.1, 0.15) is 18.6 Å². The largest absolute Gasteiger partial charge is 0.338 e. The van der Waals surface area contributed by atoms with Crippen LogP contribution in [0.4, 0.5) is 0 Å². The third-order valence-corrected chi connectivity index (χ3v) is 4.48. The number of carbonyl (C=O) groups is 2. The van der Waals surface area contributed by atoms with Gasteiger partial charge in [-0.1, -0.05) is 20.8 Å². The van der Waals surface area contributed by atoms with E-state index in [-0.39, 0.29) is 23.8 Å². The highest BCUT2D eigenvalue weighted by molar-refractivity contribution is 5.93. The lowest BCUT2D eigenvalue weighted by atomic mass is 9.92. The van der Waals surface area contributed by atoms with Crippen molar-refractivity contribution in [1.82, 2.24) is 39.8 Å². The zero-order valence-electron chi connectivity index (χ0n) is 15.6. The van der Waals surface area contributed by atoms with Crippen LogP contribution in [0.25, 0.3) is 0 Å². The van der Waals surface area contributed by atoms with Crippen LogP contribution in [0, 0.1) is 0 Å². The van der Waals surface area contributed by atoms with Gasteiger partial charge in [-0.15, -0.1) is 5.10 Å². The number of amides is 2. The van der Waals surface area contributed by atoms with Gasteiger partial charge in [0.15, 0.2) is 0 Å². The second-order valence-electron chi connectivity index (χ2n) is 7.47. The molecule has 1 fully saturated rings. The maximum Gasteiger partial charge on any atom is 0.272 e. The van der Waals surface area contributed by atoms with Gasteiger partial charge in [0, 0.05) is 38.6 Å². The molecule has 1 saturated heterocycles. The molecule has 10 nitrogen and oxygen atoms in total. The van der Waals surface area contributed by atoms with Crippen LogP contribution in [-0.4, -0.2) is 77.8 Å². The standard InChI is InChI=1S/C16H24N8O2/c1-16(2,3)13-9-12(21(4)18-13)15(26)23-7-5-22(6-8-23)14(25)10-24-11-17-19-20-24/h9,11H,5-8,10H2,1-4H3. The summed E-state index contributed by atoms with van der Waals surface area (Å²) in [5, 5.41) is 15.2. The van der Waals surface area contributed by atoms with Gasteiger partial charge in [-0.3, -0.25) is 14.3 Å². The molecule has 0 unspecified atom stereocenters. The van der Waals surface area contributed by atoms with Crippen LogP contribution in [0.5, 0.6) is 0 Å². The van der Waals surface area contributed by atoms with E-state index in [1.165, 1.54) is 11.0 Å². The molecular formula is C16H24N8O2. The Morgan fingerprint density at radius 2 is 1.77 bits per heavy atom. The number of rotatable bonds is 3. The van der Waals surface area contributed by atoms with Crippen molar-refractivity contribution in [2.45, 2.75) is 32.7 Å². The highest BCUT2D eigenvalue weighted by Gasteiger charge is 2.28. The molecule has 2 aromatic rings. The molecule has 2 amide bonds. The van der Waals surface area contributed by atoms with E-state index in [4.69, 9.17) is 0 Å². The van der Waals surface area contributed by atoms with Crippen molar-refractivity contribution < 1.29 is 9.59 Å². The molecule has 0 spiro atoms. The van der Waals surface area contributed by atoms with Gasteiger partial charge < -0.3 is 9.80 Å². The van der Waals surface area contributed by atoms with Gasteiger partial charge in [0.2, 0.25) is 5.91 Å². The lowest BCUT2D eigenvalue weighted by Gasteiger charge is -2.34. The zero-order chi connectivity index (χ0) is 18.9. The molecule has 0 N–H and O–H groups in total. The Kier molecular flexibility index (Phi) is 4.75. The fourth-order valence-corrected chi connectivity index (χ4v) is 2.85. The molecule has 0 atom stereocenters. The minimum Gasteiger partial charge on any atom is -0.338 e. The summed E-state index contributed by atoms with van der Waals surface area (Å²) < 4.78 is 3.03. The minimum absolute atomic E-state index is 0.0527. The first-order valence-corrected chi connectivity index (χ1v) is 8.58. The van der Waals surface area contributed by atoms with Crippen molar-refractivity contribution in [3.8, 4) is 0 Å². The van der Waals surface area contributed by atoms with Crippen LogP contribution >= 0.6 is 0 Å². The SMILES string of the molecule is Cn1nc(C(C)(C)C)cc1C(=O)N1CCN(C(=O)Cn2cnnn2)CC1. The normalized spacial score (nSPS) is 15.4. The second-order valence-corrected chi connectivity index (χ2v) is 7.47. The van der Waals surface area contributed by atoms with Crippen molar-refractivity contribution in [2.24, 2.45) is 7.05 Å². The van der Waals surface area contributed by atoms with Gasteiger partial charge in [0.05, 0.1) is 5.69 Å². The molecule has 0 bridgehead atoms. The predicted molar refractivity (Wildman–Crippen MR) is 92.2 cm³/mol. The lowest BCUT2D eigenvalue weighted by Crippen LogP contribution is -2.51. The number of aryl methyl sites for hydroxylation is 1. The summed E-state index contributed by atoms with van der Waals surface area (Å²) in [5.74, 6) is -0.108. The van der Waals surface area contributed by atoms with Crippen molar-refractivity contribution in [3.05, 3.63) is 23.8 Å². The molecule has 2 aromatic heterocycles. The van der Waals surface area contributed by atoms with Crippen molar-refractivity contribution in [3.63, 3.8) is 0 Å². The fraction of sp³-hybridized carbons (Fsp3) is 0.625. The van der Waals surface area contributed by atoms with E-state index >= 15 is 0 Å². The van der Waals surface area contributed by atoms with Crippen LogP contribution in [0.1, 0.15) is 37.0 Å². The molecule has 0 saturated carbocycles. The number of nitrogens with zero attached hydrogens (tertiary/aromatic N) is 8. The Labute approximate surface area is 151 Å². The predicted octanol–water partition coefficient (Wildman–Crippen LogP) is -0.311. The Bertz CT molecular complexity index is 782. The number of hydrogen-bond donors (Lipinski definition) is 0. The van der Waals surface area contributed by atoms with E-state index in [0.717, 1.165) is 5.69 Å². The van der Waals surface area contributed by atoms with Gasteiger partial charge >= 0.3 is 0 Å². The monoisotopic (exact) mass is 360 g/mol. The molecule has 140 valence electrons. The maximum atomic E-state index is 12.8. The topological polar surface area (TPSA) is 102 Å². The first-order valence-electron chi connectivity index (χ1n) is 8.58. The quantitative estimate of drug-likeness (QED) is 0.744. The van der Waals surface area contributed by atoms with E-state index in [9.17, 15) is 9.59 Å². The van der Waals surface area contributed by atoms with Gasteiger partial charge in [-0.2, -0.15) is 5.10 Å². The molecule has 10 heteroatoms. The summed E-state index contributed by atoms with van der Waals surface area (Å²) in [7, 11) is 1.79. The number of piperazine rings is 1. The summed E-state index contributed by atoms with van der Waals surface area (Å²) in [6.45, 7) is 8.30. The lowest BCUT2D eigenvalue weighted by molar-refractivity contribution is -0.133. The maximum absolute atomic E-state index is 12.8. The Balaban J connectivity index is 1.60. The molecule has 0 radical (unpaired) electrons. The van der Waals surface area contributed by atoms with Gasteiger partial charge in [-0.25, -0.2) is 4.68 Å². The summed E-state index contributed by atoms with van der Waals surface area (Å²) in [6, 6.07) is 1.86. The molecule has 0 aliphatic carbocycles. The van der Waals surface area contributed by atoms with Crippen molar-refractivity contribution in [2.75, 3.05) is 26.2 Å². The van der Waals surface area contributed by atoms with E-state index in [0.29, 0.717) is 31.9 Å². The van der Waals surface area contributed by atoms with Crippen molar-refractivity contribution in [1.29, 1.82) is 0 Å². The van der Waals surface area contributed by atoms with Crippen LogP contribution in [0.15, 0.2) is 12.4 Å². The van der Waals surface area contributed by atoms with Crippen LogP contribution in [0.3, 0.4) is 0 Å². The molecular weight excluding hydrogens is 336 g/mol. The van der Waals surface area contributed by atoms with E-state index in [1.807, 2.05) is 6.07 Å². The highest BCUT2D eigenvalue weighted by Crippen LogP contribution is 2.22. The number of carbonyl (C=O) groups excluding carboxylic acids is 2. The summed E-state index contributed by atoms with van der Waals surface area (Å²) in [6.07, 6.45) is 1.41. The van der Waals surface area contributed by atoms with E-state index in [2.05, 4.69) is 41.4 Å². The number of hydrogen-bond acceptors (Lipinski definition) is 6. The molecule has 1 aliphatic heterocycles. The smallest absolute Gasteiger partial charge is 0.272 e. The first kappa shape index (κ1) is 18.0. The highest BCUT2D eigenvalue weighted by atomic mass is 16.2. The van der Waals surface area contributed by atoms with Gasteiger partial charge in [-0.05, 0) is 16.5 Å². The second kappa shape index (κ2) is 6.85. The van der Waals surface area contributed by atoms with Crippen LogP contribution in [0.2, 0.25) is 0 Å². The molecule has 3 heterocycles. The van der Waals surface area contributed by atoms with E-state index in [1.54, 1.807) is 21.5 Å². The Morgan fingerprint density at radius 1 is 1.12 bits per heavy atom. The summed E-state index contributed by atoms with van der Waals surface area (Å²) in [4.78, 5) is 28.6. The average molecular weight is 360 g/mol. The Hall–Kier alpha value is -2.78. The number of tetrazole rings is 1. The van der Waals surface area contributed by atoms with E-state index < -0.39 is 0 Å². The fourth-order valence-electron chi connectivity index (χ4n) is 2.85. The van der Waals surface area contributed by atoms with Crippen LogP contribution in [-0.2, 0) is 23.8 Å². The molecule has 0 aromatic carbocycles. The molecule has 3 rings (SSSR count). The number of aromatic nitrogens is 6. The minimum atomic E-state index is -0.113. The first-order chi connectivity index (χ1) is 12.3. The van der Waals surface area contributed by atoms with Crippen molar-refractivity contribution >= 4 is 11.8 Å². The third kappa shape index (κ3) is 3.73. The Morgan fingerprint density at radius 3 is 2.31 bits per heavy atom. The summed E-state index contributed by atoms with van der Waals surface area (Å²) in [5.41, 5.74) is 1.35. The molecule has 1 aliphatic rings. The molecule has 26 heavy (non-hydrogen) atoms. The zero-order valence-corrected chi connectivity index (χ0v) is 15.6.